The summed E-state index contributed by atoms with van der Waals surface area (Å²) in [5.41, 5.74) is -2.55. The van der Waals surface area contributed by atoms with Gasteiger partial charge in [0, 0.05) is 17.3 Å². The first kappa shape index (κ1) is 29.0. The monoisotopic (exact) mass is 472 g/mol. The predicted molar refractivity (Wildman–Crippen MR) is 114 cm³/mol. The van der Waals surface area contributed by atoms with Crippen LogP contribution in [0.15, 0.2) is 0 Å². The van der Waals surface area contributed by atoms with Crippen molar-refractivity contribution in [2.75, 3.05) is 26.5 Å². The van der Waals surface area contributed by atoms with Gasteiger partial charge in [-0.1, -0.05) is 6.92 Å². The zero-order valence-corrected chi connectivity index (χ0v) is 18.4. The van der Waals surface area contributed by atoms with E-state index in [0.717, 1.165) is 6.42 Å². The molecule has 8 N–H and O–H groups in total. The topological polar surface area (TPSA) is 180 Å². The molecule has 2 saturated heterocycles. The molecular formula is C19H32B3FO10. The van der Waals surface area contributed by atoms with Crippen molar-refractivity contribution < 1.29 is 54.7 Å². The summed E-state index contributed by atoms with van der Waals surface area (Å²) in [6.07, 6.45) is -4.54. The molecule has 0 aromatic rings. The van der Waals surface area contributed by atoms with Crippen molar-refractivity contribution in [3.05, 3.63) is 0 Å². The van der Waals surface area contributed by atoms with Crippen LogP contribution in [-0.2, 0) is 9.47 Å². The maximum atomic E-state index is 12.2. The summed E-state index contributed by atoms with van der Waals surface area (Å²) in [5.74, 6) is -0.313. The van der Waals surface area contributed by atoms with Gasteiger partial charge in [0.15, 0.2) is 0 Å². The highest BCUT2D eigenvalue weighted by atomic mass is 19.1. The van der Waals surface area contributed by atoms with Crippen LogP contribution in [0.4, 0.5) is 4.39 Å². The molecule has 14 heteroatoms. The van der Waals surface area contributed by atoms with Crippen molar-refractivity contribution >= 4 is 23.5 Å². The zero-order valence-electron chi connectivity index (χ0n) is 18.4. The van der Waals surface area contributed by atoms with Crippen molar-refractivity contribution in [1.82, 2.24) is 0 Å². The molecule has 0 amide bonds. The fourth-order valence-corrected chi connectivity index (χ4v) is 4.53. The second-order valence-corrected chi connectivity index (χ2v) is 9.23. The Morgan fingerprint density at radius 3 is 1.73 bits per heavy atom. The molecule has 2 aliphatic heterocycles. The maximum absolute atomic E-state index is 12.2. The number of aliphatic hydroxyl groups is 8. The second kappa shape index (κ2) is 11.2. The molecule has 13 atom stereocenters. The first-order valence-electron chi connectivity index (χ1n) is 10.8. The van der Waals surface area contributed by atoms with E-state index in [9.17, 15) is 29.9 Å². The predicted octanol–water partition coefficient (Wildman–Crippen LogP) is -4.52. The number of rotatable bonds is 4. The molecule has 10 nitrogen and oxygen atoms in total. The highest BCUT2D eigenvalue weighted by Crippen LogP contribution is 2.67. The highest BCUT2D eigenvalue weighted by Gasteiger charge is 2.68. The van der Waals surface area contributed by atoms with E-state index in [0.29, 0.717) is 0 Å². The first-order valence-corrected chi connectivity index (χ1v) is 10.8. The van der Waals surface area contributed by atoms with Gasteiger partial charge in [-0.25, -0.2) is 4.39 Å². The molecule has 184 valence electrons. The molecule has 4 aliphatic rings. The Kier molecular flexibility index (Phi) is 9.82. The Labute approximate surface area is 195 Å². The number of ether oxygens (including phenoxy) is 2. The third-order valence-electron chi connectivity index (χ3n) is 7.27. The lowest BCUT2D eigenvalue weighted by Gasteiger charge is -2.25. The van der Waals surface area contributed by atoms with Gasteiger partial charge in [0.2, 0.25) is 0 Å². The molecule has 2 saturated carbocycles. The Morgan fingerprint density at radius 2 is 1.48 bits per heavy atom. The first-order chi connectivity index (χ1) is 15.4. The van der Waals surface area contributed by atoms with E-state index in [4.69, 9.17) is 48.3 Å². The van der Waals surface area contributed by atoms with Crippen LogP contribution in [0.25, 0.3) is 0 Å². The molecule has 4 rings (SSSR count). The van der Waals surface area contributed by atoms with Crippen LogP contribution in [0.1, 0.15) is 13.3 Å². The average molecular weight is 472 g/mol. The Hall–Kier alpha value is -0.275. The van der Waals surface area contributed by atoms with Gasteiger partial charge < -0.3 is 50.3 Å². The minimum absolute atomic E-state index is 0.0659. The van der Waals surface area contributed by atoms with Crippen LogP contribution in [0, 0.1) is 17.3 Å². The van der Waals surface area contributed by atoms with Gasteiger partial charge in [0.25, 0.3) is 0 Å². The van der Waals surface area contributed by atoms with Gasteiger partial charge in [0.1, 0.15) is 46.3 Å². The molecule has 0 unspecified atom stereocenters. The van der Waals surface area contributed by atoms with Crippen LogP contribution in [0.2, 0.25) is 5.82 Å². The summed E-state index contributed by atoms with van der Waals surface area (Å²) in [5, 5.41) is 72.7. The summed E-state index contributed by atoms with van der Waals surface area (Å²) < 4.78 is 22.0. The maximum Gasteiger partial charge on any atom is 0.139 e. The summed E-state index contributed by atoms with van der Waals surface area (Å²) in [4.78, 5) is 0. The summed E-state index contributed by atoms with van der Waals surface area (Å²) in [6.45, 7) is -0.142. The van der Waals surface area contributed by atoms with Gasteiger partial charge in [-0.3, -0.25) is 0 Å². The van der Waals surface area contributed by atoms with E-state index in [1.54, 1.807) is 6.92 Å². The summed E-state index contributed by atoms with van der Waals surface area (Å²) in [6, 6.07) is -1.73. The highest BCUT2D eigenvalue weighted by molar-refractivity contribution is 6.13. The van der Waals surface area contributed by atoms with Crippen molar-refractivity contribution in [3.63, 3.8) is 0 Å². The molecule has 2 aliphatic carbocycles. The van der Waals surface area contributed by atoms with Gasteiger partial charge in [-0.05, 0) is 18.2 Å². The van der Waals surface area contributed by atoms with Gasteiger partial charge in [-0.2, -0.15) is 0 Å². The number of aliphatic hydroxyl groups excluding tert-OH is 7. The average Bonchev–Trinajstić information content (AvgIpc) is 3.41. The van der Waals surface area contributed by atoms with Crippen molar-refractivity contribution in [2.45, 2.75) is 73.4 Å². The van der Waals surface area contributed by atoms with E-state index in [-0.39, 0.29) is 30.9 Å². The smallest absolute Gasteiger partial charge is 0.139 e. The number of halogens is 1. The quantitative estimate of drug-likeness (QED) is 0.186. The van der Waals surface area contributed by atoms with Crippen molar-refractivity contribution in [2.24, 2.45) is 17.3 Å². The minimum Gasteiger partial charge on any atom is -0.396 e. The molecule has 0 bridgehead atoms. The fourth-order valence-electron chi connectivity index (χ4n) is 4.53. The SMILES string of the molecule is [B][C@@H]1O[C@H](CO)[C@@H](O)[C@H]1C.[B][C@@H]1O[C@H](CO)[C@H](O)[C@]1(O)CF.[B][C@H]1[C@H](O)[C@H](O)[C@@]2(CO)C[C@H]12. The number of hydrogen-bond donors (Lipinski definition) is 8. The molecule has 2 heterocycles. The standard InChI is InChI=1S/C7H11BO3.C6H10BFO4.C6H11BO3/c8-4-3-1-7(3,2-9)6(11)5(4)10;7-5-6(11,2-8)4(10)3(1-9)12-5;1-3-5(9)4(2-8)10-6(3)7/h3-6,9-11H,1-2H2;3-5,9-11H,1-2H2;3-6,8-9H,2H2,1H3/t3-,4-,5+,6+,7-;3-,4+,5-,6-;3-,4-,5+,6-/m111/s1. The Balaban J connectivity index is 0.000000176. The number of hydrogen-bond acceptors (Lipinski definition) is 10. The van der Waals surface area contributed by atoms with Crippen LogP contribution >= 0.6 is 0 Å². The lowest BCUT2D eigenvalue weighted by molar-refractivity contribution is -0.0734. The molecule has 4 fully saturated rings. The largest absolute Gasteiger partial charge is 0.396 e. The summed E-state index contributed by atoms with van der Waals surface area (Å²) >= 11 is 0. The van der Waals surface area contributed by atoms with E-state index in [1.165, 1.54) is 0 Å². The van der Waals surface area contributed by atoms with Crippen LogP contribution in [0.5, 0.6) is 0 Å². The molecule has 0 spiro atoms. The lowest BCUT2D eigenvalue weighted by Crippen LogP contribution is -2.50. The molecule has 6 radical (unpaired) electrons. The minimum atomic E-state index is -2.09. The third-order valence-corrected chi connectivity index (χ3v) is 7.27. The lowest BCUT2D eigenvalue weighted by atomic mass is 9.81. The van der Waals surface area contributed by atoms with Crippen LogP contribution in [-0.4, -0.2) is 145 Å². The van der Waals surface area contributed by atoms with Gasteiger partial charge >= 0.3 is 0 Å². The third kappa shape index (κ3) is 5.30. The molecule has 0 aromatic carbocycles. The van der Waals surface area contributed by atoms with E-state index in [2.05, 4.69) is 0 Å². The number of alkyl halides is 1. The van der Waals surface area contributed by atoms with E-state index in [1.807, 2.05) is 0 Å². The van der Waals surface area contributed by atoms with Crippen molar-refractivity contribution in [1.29, 1.82) is 0 Å². The number of fused-ring (bicyclic) bond motifs is 1. The zero-order chi connectivity index (χ0) is 25.3. The fraction of sp³-hybridized carbons (Fsp3) is 1.00. The Bertz CT molecular complexity index is 639. The van der Waals surface area contributed by atoms with E-state index < -0.39 is 72.9 Å². The van der Waals surface area contributed by atoms with Gasteiger partial charge in [0.05, 0.1) is 52.0 Å². The van der Waals surface area contributed by atoms with Crippen LogP contribution < -0.4 is 0 Å². The molecule has 33 heavy (non-hydrogen) atoms. The second-order valence-electron chi connectivity index (χ2n) is 9.23. The Morgan fingerprint density at radius 1 is 0.909 bits per heavy atom. The van der Waals surface area contributed by atoms with Gasteiger partial charge in [-0.15, -0.1) is 0 Å². The summed E-state index contributed by atoms with van der Waals surface area (Å²) in [7, 11) is 16.2. The van der Waals surface area contributed by atoms with E-state index >= 15 is 0 Å². The normalized spacial score (nSPS) is 52.4. The molecular weight excluding hydrogens is 440 g/mol. The molecule has 0 aromatic heterocycles. The van der Waals surface area contributed by atoms with Crippen LogP contribution in [0.3, 0.4) is 0 Å². The van der Waals surface area contributed by atoms with Crippen molar-refractivity contribution in [3.8, 4) is 0 Å².